The number of nitrogens with one attached hydrogen (secondary N) is 1. The molecule has 0 saturated heterocycles. The van der Waals surface area contributed by atoms with Crippen molar-refractivity contribution in [3.63, 3.8) is 0 Å². The van der Waals surface area contributed by atoms with E-state index in [0.29, 0.717) is 25.1 Å². The van der Waals surface area contributed by atoms with Gasteiger partial charge < -0.3 is 10.4 Å². The van der Waals surface area contributed by atoms with Crippen molar-refractivity contribution in [2.75, 3.05) is 13.2 Å². The van der Waals surface area contributed by atoms with Crippen LogP contribution in [-0.4, -0.2) is 33.9 Å². The number of benzene rings is 1. The molecule has 0 unspecified atom stereocenters. The van der Waals surface area contributed by atoms with Gasteiger partial charge in [-0.05, 0) is 12.0 Å². The van der Waals surface area contributed by atoms with Crippen LogP contribution < -0.4 is 5.32 Å². The van der Waals surface area contributed by atoms with E-state index in [2.05, 4.69) is 10.4 Å². The zero-order valence-corrected chi connectivity index (χ0v) is 10.6. The summed E-state index contributed by atoms with van der Waals surface area (Å²) in [7, 11) is 0. The first kappa shape index (κ1) is 13.3. The van der Waals surface area contributed by atoms with Gasteiger partial charge in [-0.1, -0.05) is 30.3 Å². The molecule has 5 nitrogen and oxygen atoms in total. The van der Waals surface area contributed by atoms with Crippen LogP contribution in [0.2, 0.25) is 0 Å². The Kier molecular flexibility index (Phi) is 4.69. The molecule has 0 aliphatic carbocycles. The molecule has 0 aliphatic rings. The Morgan fingerprint density at radius 2 is 2.11 bits per heavy atom. The quantitative estimate of drug-likeness (QED) is 0.762. The van der Waals surface area contributed by atoms with Crippen molar-refractivity contribution >= 4 is 5.91 Å². The van der Waals surface area contributed by atoms with Crippen molar-refractivity contribution in [1.82, 2.24) is 15.1 Å². The zero-order chi connectivity index (χ0) is 13.5. The second kappa shape index (κ2) is 6.70. The van der Waals surface area contributed by atoms with Gasteiger partial charge >= 0.3 is 0 Å². The number of hydrogen-bond acceptors (Lipinski definition) is 3. The second-order valence-electron chi connectivity index (χ2n) is 4.25. The standard InChI is InChI=1S/C14H17N3O2/c18-8-4-7-15-14(19)13-9-16-17(11-13)10-12-5-2-1-3-6-12/h1-3,5-6,9,11,18H,4,7-8,10H2,(H,15,19). The van der Waals surface area contributed by atoms with Gasteiger partial charge in [-0.2, -0.15) is 5.10 Å². The minimum atomic E-state index is -0.159. The summed E-state index contributed by atoms with van der Waals surface area (Å²) in [6.45, 7) is 1.19. The summed E-state index contributed by atoms with van der Waals surface area (Å²) in [5, 5.41) is 15.5. The molecule has 1 amide bonds. The lowest BCUT2D eigenvalue weighted by Gasteiger charge is -2.02. The molecule has 0 atom stereocenters. The number of aromatic nitrogens is 2. The summed E-state index contributed by atoms with van der Waals surface area (Å²) in [5.41, 5.74) is 1.67. The number of carbonyl (C=O) groups is 1. The van der Waals surface area contributed by atoms with Gasteiger partial charge in [-0.15, -0.1) is 0 Å². The smallest absolute Gasteiger partial charge is 0.254 e. The number of hydrogen-bond donors (Lipinski definition) is 2. The van der Waals surface area contributed by atoms with Crippen LogP contribution in [-0.2, 0) is 6.54 Å². The summed E-state index contributed by atoms with van der Waals surface area (Å²) < 4.78 is 1.73. The van der Waals surface area contributed by atoms with Crippen LogP contribution in [0.5, 0.6) is 0 Å². The number of carbonyl (C=O) groups excluding carboxylic acids is 1. The summed E-state index contributed by atoms with van der Waals surface area (Å²) in [6, 6.07) is 9.95. The van der Waals surface area contributed by atoms with E-state index in [9.17, 15) is 4.79 Å². The van der Waals surface area contributed by atoms with Crippen LogP contribution in [0.4, 0.5) is 0 Å². The van der Waals surface area contributed by atoms with Crippen molar-refractivity contribution in [3.8, 4) is 0 Å². The Labute approximate surface area is 111 Å². The van der Waals surface area contributed by atoms with E-state index in [1.807, 2.05) is 30.3 Å². The largest absolute Gasteiger partial charge is 0.396 e. The van der Waals surface area contributed by atoms with Crippen LogP contribution in [0.1, 0.15) is 22.3 Å². The molecule has 5 heteroatoms. The Morgan fingerprint density at radius 3 is 2.84 bits per heavy atom. The molecule has 1 aromatic heterocycles. The van der Waals surface area contributed by atoms with E-state index in [-0.39, 0.29) is 12.5 Å². The van der Waals surface area contributed by atoms with Crippen LogP contribution >= 0.6 is 0 Å². The fourth-order valence-electron chi connectivity index (χ4n) is 1.72. The first-order chi connectivity index (χ1) is 9.29. The van der Waals surface area contributed by atoms with Gasteiger partial charge in [0.2, 0.25) is 0 Å². The summed E-state index contributed by atoms with van der Waals surface area (Å²) >= 11 is 0. The number of nitrogens with zero attached hydrogens (tertiary/aromatic N) is 2. The summed E-state index contributed by atoms with van der Waals surface area (Å²) in [6.07, 6.45) is 3.84. The number of aliphatic hydroxyl groups excluding tert-OH is 1. The SMILES string of the molecule is O=C(NCCCO)c1cnn(Cc2ccccc2)c1. The lowest BCUT2D eigenvalue weighted by molar-refractivity contribution is 0.0951. The Hall–Kier alpha value is -2.14. The lowest BCUT2D eigenvalue weighted by Crippen LogP contribution is -2.24. The molecule has 1 heterocycles. The zero-order valence-electron chi connectivity index (χ0n) is 10.6. The molecule has 0 radical (unpaired) electrons. The maximum atomic E-state index is 11.7. The van der Waals surface area contributed by atoms with Crippen LogP contribution in [0.3, 0.4) is 0 Å². The number of rotatable bonds is 6. The first-order valence-corrected chi connectivity index (χ1v) is 6.25. The Balaban J connectivity index is 1.93. The number of amides is 1. The second-order valence-corrected chi connectivity index (χ2v) is 4.25. The molecule has 0 spiro atoms. The molecule has 2 N–H and O–H groups in total. The van der Waals surface area contributed by atoms with Crippen molar-refractivity contribution in [2.45, 2.75) is 13.0 Å². The molecular weight excluding hydrogens is 242 g/mol. The highest BCUT2D eigenvalue weighted by molar-refractivity contribution is 5.93. The predicted molar refractivity (Wildman–Crippen MR) is 71.8 cm³/mol. The van der Waals surface area contributed by atoms with E-state index in [1.54, 1.807) is 17.1 Å². The fourth-order valence-corrected chi connectivity index (χ4v) is 1.72. The minimum Gasteiger partial charge on any atom is -0.396 e. The van der Waals surface area contributed by atoms with Gasteiger partial charge in [-0.25, -0.2) is 0 Å². The van der Waals surface area contributed by atoms with E-state index in [4.69, 9.17) is 5.11 Å². The van der Waals surface area contributed by atoms with Crippen molar-refractivity contribution in [3.05, 3.63) is 53.9 Å². The van der Waals surface area contributed by atoms with Gasteiger partial charge in [0.15, 0.2) is 0 Å². The third-order valence-electron chi connectivity index (χ3n) is 2.70. The van der Waals surface area contributed by atoms with Gasteiger partial charge in [0, 0.05) is 19.3 Å². The molecule has 0 fully saturated rings. The Morgan fingerprint density at radius 1 is 1.32 bits per heavy atom. The van der Waals surface area contributed by atoms with Crippen molar-refractivity contribution < 1.29 is 9.90 Å². The van der Waals surface area contributed by atoms with E-state index in [1.165, 1.54) is 0 Å². The normalized spacial score (nSPS) is 10.4. The maximum absolute atomic E-state index is 11.7. The fraction of sp³-hybridized carbons (Fsp3) is 0.286. The molecule has 2 rings (SSSR count). The van der Waals surface area contributed by atoms with Crippen LogP contribution in [0.25, 0.3) is 0 Å². The monoisotopic (exact) mass is 259 g/mol. The molecule has 19 heavy (non-hydrogen) atoms. The topological polar surface area (TPSA) is 67.2 Å². The van der Waals surface area contributed by atoms with Gasteiger partial charge in [0.25, 0.3) is 5.91 Å². The average Bonchev–Trinajstić information content (AvgIpc) is 2.89. The minimum absolute atomic E-state index is 0.0769. The summed E-state index contributed by atoms with van der Waals surface area (Å²) in [5.74, 6) is -0.159. The third kappa shape index (κ3) is 3.93. The van der Waals surface area contributed by atoms with Crippen molar-refractivity contribution in [2.24, 2.45) is 0 Å². The molecular formula is C14H17N3O2. The maximum Gasteiger partial charge on any atom is 0.254 e. The number of aliphatic hydroxyl groups is 1. The highest BCUT2D eigenvalue weighted by Crippen LogP contribution is 2.04. The molecule has 0 saturated carbocycles. The predicted octanol–water partition coefficient (Wildman–Crippen LogP) is 1.04. The van der Waals surface area contributed by atoms with E-state index in [0.717, 1.165) is 5.56 Å². The van der Waals surface area contributed by atoms with E-state index >= 15 is 0 Å². The third-order valence-corrected chi connectivity index (χ3v) is 2.70. The lowest BCUT2D eigenvalue weighted by atomic mass is 10.2. The molecule has 100 valence electrons. The highest BCUT2D eigenvalue weighted by atomic mass is 16.3. The van der Waals surface area contributed by atoms with Gasteiger partial charge in [0.1, 0.15) is 0 Å². The van der Waals surface area contributed by atoms with E-state index < -0.39 is 0 Å². The van der Waals surface area contributed by atoms with Gasteiger partial charge in [-0.3, -0.25) is 9.48 Å². The first-order valence-electron chi connectivity index (χ1n) is 6.25. The molecule has 1 aromatic carbocycles. The van der Waals surface area contributed by atoms with Crippen molar-refractivity contribution in [1.29, 1.82) is 0 Å². The van der Waals surface area contributed by atoms with Crippen LogP contribution in [0, 0.1) is 0 Å². The molecule has 0 aliphatic heterocycles. The average molecular weight is 259 g/mol. The summed E-state index contributed by atoms with van der Waals surface area (Å²) in [4.78, 5) is 11.7. The van der Waals surface area contributed by atoms with Crippen LogP contribution in [0.15, 0.2) is 42.7 Å². The Bertz CT molecular complexity index is 522. The highest BCUT2D eigenvalue weighted by Gasteiger charge is 2.07. The molecule has 2 aromatic rings. The van der Waals surface area contributed by atoms with Gasteiger partial charge in [0.05, 0.1) is 18.3 Å². The molecule has 0 bridgehead atoms.